The summed E-state index contributed by atoms with van der Waals surface area (Å²) < 4.78 is 8.80. The van der Waals surface area contributed by atoms with E-state index in [2.05, 4.69) is 134 Å². The zero-order valence-corrected chi connectivity index (χ0v) is 30.5. The topological polar surface area (TPSA) is 45.9 Å². The molecule has 5 rings (SSSR count). The van der Waals surface area contributed by atoms with Gasteiger partial charge in [-0.2, -0.15) is 12.7 Å². The van der Waals surface area contributed by atoms with Crippen molar-refractivity contribution >= 4 is 11.3 Å². The summed E-state index contributed by atoms with van der Waals surface area (Å²) in [6.45, 7) is 26.3. The molecule has 0 spiro atoms. The summed E-state index contributed by atoms with van der Waals surface area (Å²) in [6, 6.07) is 17.5. The maximum absolute atomic E-state index is 6.58. The van der Waals surface area contributed by atoms with Gasteiger partial charge in [-0.05, 0) is 61.5 Å². The van der Waals surface area contributed by atoms with Crippen LogP contribution >= 0.6 is 0 Å². The summed E-state index contributed by atoms with van der Waals surface area (Å²) in [5, 5.41) is 0. The number of anilines is 1. The fraction of sp³-hybridized carbons (Fsp3) is 0.432. The number of benzene rings is 1. The summed E-state index contributed by atoms with van der Waals surface area (Å²) in [5.74, 6) is 1.81. The summed E-state index contributed by atoms with van der Waals surface area (Å²) in [6.07, 6.45) is 3.96. The molecule has 0 N–H and O–H groups in total. The maximum atomic E-state index is 6.58. The zero-order chi connectivity index (χ0) is 31.4. The minimum Gasteiger partial charge on any atom is -0.508 e. The predicted octanol–water partition coefficient (Wildman–Crippen LogP) is 9.11. The third-order valence-corrected chi connectivity index (χ3v) is 8.61. The molecule has 1 aromatic carbocycles. The first kappa shape index (κ1) is 33.8. The summed E-state index contributed by atoms with van der Waals surface area (Å²) in [5.41, 5.74) is 9.20. The van der Waals surface area contributed by atoms with Crippen molar-refractivity contribution in [1.82, 2.24) is 19.3 Å². The van der Waals surface area contributed by atoms with Gasteiger partial charge in [-0.3, -0.25) is 9.97 Å². The Morgan fingerprint density at radius 2 is 1.61 bits per heavy atom. The monoisotopic (exact) mass is 771 g/mol. The summed E-state index contributed by atoms with van der Waals surface area (Å²) in [4.78, 5) is 14.4. The quantitative estimate of drug-likeness (QED) is 0.176. The molecule has 4 aromatic rings. The Hall–Kier alpha value is -3.11. The Bertz CT molecular complexity index is 1690. The van der Waals surface area contributed by atoms with E-state index in [1.54, 1.807) is 0 Å². The average molecular weight is 772 g/mol. The second kappa shape index (κ2) is 12.4. The number of pyridine rings is 2. The molecule has 1 aliphatic rings. The Morgan fingerprint density at radius 3 is 2.20 bits per heavy atom. The Balaban J connectivity index is 0.00000442. The molecule has 0 atom stereocenters. The van der Waals surface area contributed by atoms with E-state index < -0.39 is 5.41 Å². The van der Waals surface area contributed by atoms with Crippen LogP contribution in [0.25, 0.3) is 5.65 Å². The van der Waals surface area contributed by atoms with E-state index in [0.717, 1.165) is 28.3 Å². The third-order valence-electron chi connectivity index (χ3n) is 8.61. The number of hydrogen-bond acceptors (Lipinski definition) is 5. The molecule has 0 bridgehead atoms. The Morgan fingerprint density at radius 1 is 0.909 bits per heavy atom. The smallest absolute Gasteiger partial charge is 0.0487 e. The predicted molar refractivity (Wildman–Crippen MR) is 176 cm³/mol. The van der Waals surface area contributed by atoms with Crippen molar-refractivity contribution in [2.24, 2.45) is 0 Å². The second-order valence-corrected chi connectivity index (χ2v) is 14.0. The van der Waals surface area contributed by atoms with Crippen LogP contribution in [0.5, 0.6) is 11.5 Å². The van der Waals surface area contributed by atoms with Gasteiger partial charge in [0.2, 0.25) is 0 Å². The number of rotatable bonds is 7. The van der Waals surface area contributed by atoms with Gasteiger partial charge in [0, 0.05) is 72.6 Å². The third kappa shape index (κ3) is 6.20. The first-order valence-electron chi connectivity index (χ1n) is 15.3. The van der Waals surface area contributed by atoms with Crippen LogP contribution in [0.2, 0.25) is 0 Å². The fourth-order valence-electron chi connectivity index (χ4n) is 5.73. The fourth-order valence-corrected chi connectivity index (χ4v) is 5.73. The minimum absolute atomic E-state index is 0. The van der Waals surface area contributed by atoms with Crippen LogP contribution in [0.1, 0.15) is 116 Å². The molecule has 6 nitrogen and oxygen atoms in total. The van der Waals surface area contributed by atoms with Crippen molar-refractivity contribution in [2.75, 3.05) is 11.9 Å². The maximum Gasteiger partial charge on any atom is 0.0487 e. The van der Waals surface area contributed by atoms with Crippen LogP contribution in [0.3, 0.4) is 0 Å². The standard InChI is InChI=1S/C37H46N5O.Pt/c1-23(2)33-34(24(3)4)41-21-30(43-29-15-13-14-28(19-29)42-22-40(12)25(5)26(42)6)20-31(35(41)39-33)37(10,11)32-18-27(16-17-38-32)36(7,8)9;/h13-18,21-24H,1-12H3;/q-3;. The van der Waals surface area contributed by atoms with Crippen LogP contribution in [-0.2, 0) is 31.9 Å². The van der Waals surface area contributed by atoms with Crippen molar-refractivity contribution in [1.29, 1.82) is 0 Å². The molecule has 0 amide bonds. The van der Waals surface area contributed by atoms with E-state index in [9.17, 15) is 0 Å². The Labute approximate surface area is 278 Å². The molecular formula is C37H46N5OPt-3. The van der Waals surface area contributed by atoms with Crippen molar-refractivity contribution in [3.63, 3.8) is 0 Å². The number of allylic oxidation sites excluding steroid dienone is 2. The molecule has 4 heterocycles. The minimum atomic E-state index is -0.490. The van der Waals surface area contributed by atoms with Crippen LogP contribution in [0.4, 0.5) is 5.69 Å². The number of imidazole rings is 1. The molecule has 238 valence electrons. The number of ether oxygens (including phenoxy) is 1. The van der Waals surface area contributed by atoms with Gasteiger partial charge >= 0.3 is 0 Å². The molecule has 44 heavy (non-hydrogen) atoms. The van der Waals surface area contributed by atoms with Crippen molar-refractivity contribution in [3.8, 4) is 11.5 Å². The summed E-state index contributed by atoms with van der Waals surface area (Å²) >= 11 is 0. The van der Waals surface area contributed by atoms with Crippen LogP contribution in [-0.4, -0.2) is 26.3 Å². The molecule has 0 radical (unpaired) electrons. The zero-order valence-electron chi connectivity index (χ0n) is 28.2. The van der Waals surface area contributed by atoms with Crippen molar-refractivity contribution < 1.29 is 25.8 Å². The van der Waals surface area contributed by atoms with Gasteiger partial charge in [0.05, 0.1) is 0 Å². The van der Waals surface area contributed by atoms with Crippen LogP contribution in [0.15, 0.2) is 54.1 Å². The number of aromatic nitrogens is 3. The van der Waals surface area contributed by atoms with Gasteiger partial charge < -0.3 is 18.9 Å². The number of fused-ring (bicyclic) bond motifs is 1. The van der Waals surface area contributed by atoms with E-state index in [1.165, 1.54) is 22.7 Å². The SMILES string of the molecule is CC1=C(C)N(c2[c-]c(Oc3[c-]c(C(C)(C)c4cc(C(C)(C)C)ccn4)c4nc(C(C)C)c(C(C)C)n4c3)ccc2)[CH-]N1C.[Pt]. The molecule has 7 heteroatoms. The van der Waals surface area contributed by atoms with Gasteiger partial charge in [0.1, 0.15) is 0 Å². The van der Waals surface area contributed by atoms with E-state index >= 15 is 0 Å². The number of nitrogens with zero attached hydrogens (tertiary/aromatic N) is 5. The van der Waals surface area contributed by atoms with Crippen molar-refractivity contribution in [2.45, 2.75) is 98.8 Å². The largest absolute Gasteiger partial charge is 0.508 e. The molecule has 0 fully saturated rings. The normalized spacial score (nSPS) is 14.3. The molecule has 0 aliphatic carbocycles. The van der Waals surface area contributed by atoms with E-state index in [0.29, 0.717) is 11.5 Å². The first-order valence-corrected chi connectivity index (χ1v) is 15.3. The van der Waals surface area contributed by atoms with Gasteiger partial charge in [0.15, 0.2) is 0 Å². The van der Waals surface area contributed by atoms with Crippen molar-refractivity contribution in [3.05, 3.63) is 101 Å². The molecule has 0 unspecified atom stereocenters. The molecule has 0 saturated carbocycles. The van der Waals surface area contributed by atoms with E-state index in [-0.39, 0.29) is 38.3 Å². The molecular weight excluding hydrogens is 726 g/mol. The number of hydrogen-bond donors (Lipinski definition) is 0. The van der Waals surface area contributed by atoms with Gasteiger partial charge in [-0.15, -0.1) is 35.5 Å². The molecule has 0 saturated heterocycles. The van der Waals surface area contributed by atoms with Gasteiger partial charge in [0.25, 0.3) is 0 Å². The summed E-state index contributed by atoms with van der Waals surface area (Å²) in [7, 11) is 2.06. The molecule has 1 aliphatic heterocycles. The van der Waals surface area contributed by atoms with Gasteiger partial charge in [-0.1, -0.05) is 68.5 Å². The average Bonchev–Trinajstić information content (AvgIpc) is 3.45. The molecule has 3 aromatic heterocycles. The van der Waals surface area contributed by atoms with Crippen LogP contribution < -0.4 is 9.64 Å². The first-order chi connectivity index (χ1) is 20.1. The second-order valence-electron chi connectivity index (χ2n) is 14.0. The van der Waals surface area contributed by atoms with Gasteiger partial charge in [-0.25, -0.2) is 0 Å². The van der Waals surface area contributed by atoms with E-state index in [4.69, 9.17) is 14.7 Å². The Kier molecular flexibility index (Phi) is 9.48. The van der Waals surface area contributed by atoms with E-state index in [1.807, 2.05) is 24.5 Å². The van der Waals surface area contributed by atoms with Crippen LogP contribution in [0, 0.1) is 18.8 Å².